The number of hydrogen-bond donors (Lipinski definition) is 1. The number of anilines is 1. The molecule has 0 bridgehead atoms. The predicted molar refractivity (Wildman–Crippen MR) is 143 cm³/mol. The molecule has 0 spiro atoms. The lowest BCUT2D eigenvalue weighted by molar-refractivity contribution is -0.120. The minimum absolute atomic E-state index is 0.125. The van der Waals surface area contributed by atoms with E-state index in [0.717, 1.165) is 59.9 Å². The van der Waals surface area contributed by atoms with Gasteiger partial charge in [0, 0.05) is 32.0 Å². The number of benzene rings is 2. The number of likely N-dealkylation sites (N-methyl/N-ethyl adjacent to an activating group) is 1. The molecule has 38 heavy (non-hydrogen) atoms. The Morgan fingerprint density at radius 1 is 1.03 bits per heavy atom. The molecule has 4 aromatic rings. The summed E-state index contributed by atoms with van der Waals surface area (Å²) in [5.41, 5.74) is 5.34. The van der Waals surface area contributed by atoms with Gasteiger partial charge in [0.2, 0.25) is 5.91 Å². The number of nitrogens with zero attached hydrogens (tertiary/aromatic N) is 6. The third kappa shape index (κ3) is 4.80. The Bertz CT molecular complexity index is 1480. The first-order valence-corrected chi connectivity index (χ1v) is 12.9. The number of rotatable bonds is 5. The quantitative estimate of drug-likeness (QED) is 0.446. The van der Waals surface area contributed by atoms with Crippen LogP contribution < -0.4 is 10.2 Å². The van der Waals surface area contributed by atoms with Gasteiger partial charge < -0.3 is 10.2 Å². The molecule has 4 heterocycles. The summed E-state index contributed by atoms with van der Waals surface area (Å²) in [6.07, 6.45) is 4.46. The monoisotopic (exact) mass is 507 g/mol. The van der Waals surface area contributed by atoms with E-state index in [2.05, 4.69) is 43.5 Å². The van der Waals surface area contributed by atoms with Crippen molar-refractivity contribution in [2.24, 2.45) is 0 Å². The van der Waals surface area contributed by atoms with Crippen molar-refractivity contribution < 1.29 is 9.59 Å². The van der Waals surface area contributed by atoms with Crippen LogP contribution in [-0.2, 0) is 30.8 Å². The second-order valence-electron chi connectivity index (χ2n) is 9.83. The van der Waals surface area contributed by atoms with Crippen LogP contribution in [-0.4, -0.2) is 56.1 Å². The highest BCUT2D eigenvalue weighted by atomic mass is 16.2. The molecule has 0 aliphatic carbocycles. The molecule has 0 unspecified atom stereocenters. The number of amides is 2. The summed E-state index contributed by atoms with van der Waals surface area (Å²) in [5, 5.41) is 7.19. The van der Waals surface area contributed by atoms with E-state index in [9.17, 15) is 9.59 Å². The van der Waals surface area contributed by atoms with Gasteiger partial charge in [-0.2, -0.15) is 5.10 Å². The Morgan fingerprint density at radius 2 is 1.89 bits per heavy atom. The number of nitrogens with one attached hydrogen (secondary N) is 1. The number of pyridine rings is 1. The maximum Gasteiger partial charge on any atom is 0.270 e. The zero-order valence-corrected chi connectivity index (χ0v) is 21.2. The molecule has 2 aromatic heterocycles. The molecule has 0 radical (unpaired) electrons. The van der Waals surface area contributed by atoms with Gasteiger partial charge in [0.25, 0.3) is 5.91 Å². The van der Waals surface area contributed by atoms with E-state index in [1.54, 1.807) is 30.5 Å². The molecule has 9 heteroatoms. The minimum Gasteiger partial charge on any atom is -0.339 e. The standard InChI is InChI=1S/C29H29N7O2/c1-34-26-15-20(17-35-13-14-36-27(18-35)31-19-32-36)7-8-22(26)9-10-24(29(34)38)33-28(37)25-16-23(11-12-30-25)21-5-3-2-4-6-21/h2-8,11-12,15-16,19,24H,9-10,13-14,17-18H2,1H3,(H,33,37)/t24-/m0/s1. The first-order valence-electron chi connectivity index (χ1n) is 12.9. The maximum atomic E-state index is 13.4. The van der Waals surface area contributed by atoms with E-state index in [4.69, 9.17) is 0 Å². The summed E-state index contributed by atoms with van der Waals surface area (Å²) in [7, 11) is 1.78. The highest BCUT2D eigenvalue weighted by Gasteiger charge is 2.30. The smallest absolute Gasteiger partial charge is 0.270 e. The van der Waals surface area contributed by atoms with Crippen molar-refractivity contribution in [2.75, 3.05) is 18.5 Å². The van der Waals surface area contributed by atoms with Crippen LogP contribution in [0.15, 0.2) is 73.2 Å². The van der Waals surface area contributed by atoms with Crippen LogP contribution in [0.25, 0.3) is 11.1 Å². The van der Waals surface area contributed by atoms with Crippen LogP contribution in [0.3, 0.4) is 0 Å². The first kappa shape index (κ1) is 24.0. The molecule has 2 amide bonds. The van der Waals surface area contributed by atoms with E-state index >= 15 is 0 Å². The van der Waals surface area contributed by atoms with Crippen molar-refractivity contribution in [1.82, 2.24) is 30.0 Å². The van der Waals surface area contributed by atoms with E-state index < -0.39 is 6.04 Å². The Labute approximate surface area is 221 Å². The van der Waals surface area contributed by atoms with Crippen molar-refractivity contribution in [2.45, 2.75) is 38.5 Å². The Kier molecular flexibility index (Phi) is 6.43. The van der Waals surface area contributed by atoms with Crippen molar-refractivity contribution in [3.05, 3.63) is 95.8 Å². The van der Waals surface area contributed by atoms with Gasteiger partial charge in [-0.25, -0.2) is 9.67 Å². The van der Waals surface area contributed by atoms with Gasteiger partial charge >= 0.3 is 0 Å². The largest absolute Gasteiger partial charge is 0.339 e. The molecule has 2 aliphatic heterocycles. The highest BCUT2D eigenvalue weighted by Crippen LogP contribution is 2.28. The molecule has 0 saturated heterocycles. The van der Waals surface area contributed by atoms with Gasteiger partial charge in [-0.05, 0) is 53.3 Å². The van der Waals surface area contributed by atoms with Crippen molar-refractivity contribution in [3.8, 4) is 11.1 Å². The van der Waals surface area contributed by atoms with E-state index in [-0.39, 0.29) is 11.8 Å². The van der Waals surface area contributed by atoms with Gasteiger partial charge in [-0.1, -0.05) is 42.5 Å². The summed E-state index contributed by atoms with van der Waals surface area (Å²) in [6, 6.07) is 19.2. The fourth-order valence-electron chi connectivity index (χ4n) is 5.24. The van der Waals surface area contributed by atoms with Gasteiger partial charge in [0.15, 0.2) is 0 Å². The van der Waals surface area contributed by atoms with Crippen molar-refractivity contribution >= 4 is 17.5 Å². The number of fused-ring (bicyclic) bond motifs is 2. The number of carbonyl (C=O) groups excluding carboxylic acids is 2. The summed E-state index contributed by atoms with van der Waals surface area (Å²) < 4.78 is 1.95. The van der Waals surface area contributed by atoms with Gasteiger partial charge in [-0.3, -0.25) is 19.5 Å². The van der Waals surface area contributed by atoms with Gasteiger partial charge in [0.05, 0.1) is 13.1 Å². The summed E-state index contributed by atoms with van der Waals surface area (Å²) in [5.74, 6) is 0.499. The van der Waals surface area contributed by atoms with E-state index in [1.807, 2.05) is 41.1 Å². The van der Waals surface area contributed by atoms with Crippen LogP contribution in [0.1, 0.15) is 33.9 Å². The summed E-state index contributed by atoms with van der Waals surface area (Å²) >= 11 is 0. The predicted octanol–water partition coefficient (Wildman–Crippen LogP) is 3.06. The zero-order valence-electron chi connectivity index (χ0n) is 21.2. The van der Waals surface area contributed by atoms with Crippen molar-refractivity contribution in [1.29, 1.82) is 0 Å². The average Bonchev–Trinajstić information content (AvgIpc) is 3.39. The topological polar surface area (TPSA) is 96.2 Å². The van der Waals surface area contributed by atoms with Crippen LogP contribution in [0.4, 0.5) is 5.69 Å². The van der Waals surface area contributed by atoms with Crippen molar-refractivity contribution in [3.63, 3.8) is 0 Å². The van der Waals surface area contributed by atoms with Crippen LogP contribution in [0, 0.1) is 0 Å². The van der Waals surface area contributed by atoms with Crippen LogP contribution in [0.5, 0.6) is 0 Å². The second kappa shape index (κ2) is 10.2. The average molecular weight is 508 g/mol. The molecule has 1 N–H and O–H groups in total. The van der Waals surface area contributed by atoms with Crippen LogP contribution in [0.2, 0.25) is 0 Å². The third-order valence-corrected chi connectivity index (χ3v) is 7.34. The Balaban J connectivity index is 1.15. The molecule has 192 valence electrons. The lowest BCUT2D eigenvalue weighted by Crippen LogP contribution is -2.47. The molecule has 0 fully saturated rings. The summed E-state index contributed by atoms with van der Waals surface area (Å²) in [4.78, 5) is 39.2. The molecular weight excluding hydrogens is 478 g/mol. The molecule has 2 aliphatic rings. The lowest BCUT2D eigenvalue weighted by atomic mass is 10.0. The normalized spacial score (nSPS) is 17.4. The maximum absolute atomic E-state index is 13.4. The molecule has 1 atom stereocenters. The fourth-order valence-corrected chi connectivity index (χ4v) is 5.24. The minimum atomic E-state index is -0.626. The number of aromatic nitrogens is 4. The molecular formula is C29H29N7O2. The number of hydrogen-bond acceptors (Lipinski definition) is 6. The lowest BCUT2D eigenvalue weighted by Gasteiger charge is -2.27. The third-order valence-electron chi connectivity index (χ3n) is 7.34. The zero-order chi connectivity index (χ0) is 26.1. The first-order chi connectivity index (χ1) is 18.5. The Hall–Kier alpha value is -4.37. The number of aryl methyl sites for hydroxylation is 1. The number of carbonyl (C=O) groups is 2. The molecule has 6 rings (SSSR count). The van der Waals surface area contributed by atoms with Gasteiger partial charge in [-0.15, -0.1) is 0 Å². The van der Waals surface area contributed by atoms with E-state index in [1.165, 1.54) is 0 Å². The SMILES string of the molecule is CN1C(=O)[C@@H](NC(=O)c2cc(-c3ccccc3)ccn2)CCc2ccc(CN3CCn4ncnc4C3)cc21. The summed E-state index contributed by atoms with van der Waals surface area (Å²) in [6.45, 7) is 3.24. The highest BCUT2D eigenvalue weighted by molar-refractivity contribution is 6.02. The molecule has 0 saturated carbocycles. The van der Waals surface area contributed by atoms with Gasteiger partial charge in [0.1, 0.15) is 23.9 Å². The molecule has 2 aromatic carbocycles. The fraction of sp³-hybridized carbons (Fsp3) is 0.276. The Morgan fingerprint density at radius 3 is 2.76 bits per heavy atom. The van der Waals surface area contributed by atoms with Crippen LogP contribution >= 0.6 is 0 Å². The second-order valence-corrected chi connectivity index (χ2v) is 9.83. The molecule has 9 nitrogen and oxygen atoms in total. The van der Waals surface area contributed by atoms with E-state index in [0.29, 0.717) is 18.5 Å².